The summed E-state index contributed by atoms with van der Waals surface area (Å²) in [5.41, 5.74) is 3.44. The zero-order valence-electron chi connectivity index (χ0n) is 19.0. The first kappa shape index (κ1) is 23.0. The third kappa shape index (κ3) is 6.17. The van der Waals surface area contributed by atoms with Crippen molar-refractivity contribution in [2.75, 3.05) is 31.6 Å². The van der Waals surface area contributed by atoms with Gasteiger partial charge in [-0.25, -0.2) is 0 Å². The molecule has 168 valence electrons. The van der Waals surface area contributed by atoms with Crippen LogP contribution in [0.2, 0.25) is 0 Å². The average Bonchev–Trinajstić information content (AvgIpc) is 2.73. The molecule has 0 spiro atoms. The Morgan fingerprint density at radius 3 is 2.81 bits per heavy atom. The van der Waals surface area contributed by atoms with Gasteiger partial charge in [-0.05, 0) is 68.5 Å². The first-order valence-corrected chi connectivity index (χ1v) is 11.2. The van der Waals surface area contributed by atoms with Gasteiger partial charge in [-0.2, -0.15) is 0 Å². The van der Waals surface area contributed by atoms with Crippen LogP contribution in [0.1, 0.15) is 57.1 Å². The zero-order valence-corrected chi connectivity index (χ0v) is 19.0. The van der Waals surface area contributed by atoms with Crippen molar-refractivity contribution in [2.45, 2.75) is 58.9 Å². The predicted molar refractivity (Wildman–Crippen MR) is 122 cm³/mol. The number of likely N-dealkylation sites (tertiary alicyclic amines) is 1. The molecule has 7 nitrogen and oxygen atoms in total. The van der Waals surface area contributed by atoms with Crippen LogP contribution in [0, 0.1) is 6.92 Å². The number of phenolic OH excluding ortho intramolecular Hbond substituents is 1. The molecule has 0 saturated carbocycles. The maximum Gasteiger partial charge on any atom is 0.307 e. The second-order valence-electron chi connectivity index (χ2n) is 8.53. The SMILES string of the molecule is CCOC(=O)CCN1CCC[C@@H](Nc2cc(C)c(-c3ccc(C(C)C)cc3O)nn2)C1. The summed E-state index contributed by atoms with van der Waals surface area (Å²) < 4.78 is 5.03. The number of piperidine rings is 1. The lowest BCUT2D eigenvalue weighted by Gasteiger charge is -2.33. The molecule has 1 saturated heterocycles. The number of nitrogens with zero attached hydrogens (tertiary/aromatic N) is 3. The number of aromatic nitrogens is 2. The molecule has 0 aliphatic carbocycles. The average molecular weight is 427 g/mol. The van der Waals surface area contributed by atoms with Crippen molar-refractivity contribution in [2.24, 2.45) is 0 Å². The van der Waals surface area contributed by atoms with Crippen LogP contribution in [0.3, 0.4) is 0 Å². The molecule has 1 atom stereocenters. The van der Waals surface area contributed by atoms with Crippen molar-refractivity contribution in [3.05, 3.63) is 35.4 Å². The summed E-state index contributed by atoms with van der Waals surface area (Å²) >= 11 is 0. The van der Waals surface area contributed by atoms with Crippen LogP contribution in [0.4, 0.5) is 5.82 Å². The third-order valence-electron chi connectivity index (χ3n) is 5.72. The fourth-order valence-electron chi connectivity index (χ4n) is 4.00. The first-order valence-electron chi connectivity index (χ1n) is 11.2. The minimum atomic E-state index is -0.139. The number of carbonyl (C=O) groups excluding carboxylic acids is 1. The molecule has 0 bridgehead atoms. The molecular formula is C24H34N4O3. The van der Waals surface area contributed by atoms with Gasteiger partial charge in [0.15, 0.2) is 0 Å². The van der Waals surface area contributed by atoms with E-state index >= 15 is 0 Å². The van der Waals surface area contributed by atoms with Gasteiger partial charge in [-0.1, -0.05) is 19.9 Å². The molecule has 1 fully saturated rings. The second-order valence-corrected chi connectivity index (χ2v) is 8.53. The molecule has 31 heavy (non-hydrogen) atoms. The summed E-state index contributed by atoms with van der Waals surface area (Å²) in [6, 6.07) is 7.99. The number of ether oxygens (including phenoxy) is 1. The molecule has 1 aromatic heterocycles. The van der Waals surface area contributed by atoms with Crippen molar-refractivity contribution in [3.63, 3.8) is 0 Å². The van der Waals surface area contributed by atoms with Crippen molar-refractivity contribution in [1.82, 2.24) is 15.1 Å². The molecule has 2 N–H and O–H groups in total. The molecule has 0 amide bonds. The summed E-state index contributed by atoms with van der Waals surface area (Å²) in [6.07, 6.45) is 2.55. The number of rotatable bonds is 8. The van der Waals surface area contributed by atoms with Crippen LogP contribution >= 0.6 is 0 Å². The lowest BCUT2D eigenvalue weighted by molar-refractivity contribution is -0.143. The van der Waals surface area contributed by atoms with Gasteiger partial charge in [-0.15, -0.1) is 10.2 Å². The summed E-state index contributed by atoms with van der Waals surface area (Å²) in [5.74, 6) is 1.18. The van der Waals surface area contributed by atoms with Gasteiger partial charge in [0.05, 0.1) is 18.7 Å². The monoisotopic (exact) mass is 426 g/mol. The van der Waals surface area contributed by atoms with Crippen molar-refractivity contribution in [3.8, 4) is 17.0 Å². The Hall–Kier alpha value is -2.67. The topological polar surface area (TPSA) is 87.6 Å². The highest BCUT2D eigenvalue weighted by Gasteiger charge is 2.21. The van der Waals surface area contributed by atoms with E-state index < -0.39 is 0 Å². The normalized spacial score (nSPS) is 17.0. The smallest absolute Gasteiger partial charge is 0.307 e. The number of hydrogen-bond donors (Lipinski definition) is 2. The number of carbonyl (C=O) groups is 1. The first-order chi connectivity index (χ1) is 14.9. The summed E-state index contributed by atoms with van der Waals surface area (Å²) in [5, 5.41) is 22.7. The summed E-state index contributed by atoms with van der Waals surface area (Å²) in [6.45, 7) is 11.0. The maximum absolute atomic E-state index is 11.6. The Morgan fingerprint density at radius 1 is 1.32 bits per heavy atom. The summed E-state index contributed by atoms with van der Waals surface area (Å²) in [7, 11) is 0. The van der Waals surface area contributed by atoms with E-state index in [0.717, 1.165) is 42.9 Å². The molecule has 7 heteroatoms. The Kier molecular flexibility index (Phi) is 7.85. The van der Waals surface area contributed by atoms with E-state index in [4.69, 9.17) is 4.74 Å². The number of esters is 1. The molecule has 0 radical (unpaired) electrons. The molecule has 2 heterocycles. The Morgan fingerprint density at radius 2 is 2.13 bits per heavy atom. The van der Waals surface area contributed by atoms with Crippen LogP contribution < -0.4 is 5.32 Å². The highest BCUT2D eigenvalue weighted by Crippen LogP contribution is 2.33. The molecule has 1 aliphatic rings. The van der Waals surface area contributed by atoms with Crippen LogP contribution in [0.5, 0.6) is 5.75 Å². The Bertz CT molecular complexity index is 900. The quantitative estimate of drug-likeness (QED) is 0.614. The van der Waals surface area contributed by atoms with Gasteiger partial charge < -0.3 is 20.1 Å². The van der Waals surface area contributed by atoms with Crippen LogP contribution in [0.15, 0.2) is 24.3 Å². The Labute approximate surface area is 184 Å². The van der Waals surface area contributed by atoms with Gasteiger partial charge in [0.25, 0.3) is 0 Å². The molecular weight excluding hydrogens is 392 g/mol. The maximum atomic E-state index is 11.6. The molecule has 0 unspecified atom stereocenters. The van der Waals surface area contributed by atoms with Crippen molar-refractivity contribution >= 4 is 11.8 Å². The standard InChI is InChI=1S/C24H34N4O3/c1-5-31-23(30)10-12-28-11-6-7-19(15-28)25-22-13-17(4)24(27-26-22)20-9-8-18(16(2)3)14-21(20)29/h8-9,13-14,16,19,29H,5-7,10-12,15H2,1-4H3,(H,25,26)/t19-/m1/s1. The lowest BCUT2D eigenvalue weighted by Crippen LogP contribution is -2.43. The van der Waals surface area contributed by atoms with E-state index in [1.54, 1.807) is 6.07 Å². The largest absolute Gasteiger partial charge is 0.507 e. The number of aryl methyl sites for hydroxylation is 1. The number of hydrogen-bond acceptors (Lipinski definition) is 7. The number of benzene rings is 1. The van der Waals surface area contributed by atoms with E-state index in [2.05, 4.69) is 34.3 Å². The van der Waals surface area contributed by atoms with Gasteiger partial charge in [0, 0.05) is 24.7 Å². The second kappa shape index (κ2) is 10.6. The van der Waals surface area contributed by atoms with Crippen LogP contribution in [0.25, 0.3) is 11.3 Å². The van der Waals surface area contributed by atoms with Crippen molar-refractivity contribution < 1.29 is 14.6 Å². The lowest BCUT2D eigenvalue weighted by atomic mass is 9.98. The minimum absolute atomic E-state index is 0.139. The molecule has 1 aliphatic heterocycles. The number of phenols is 1. The van der Waals surface area contributed by atoms with Crippen molar-refractivity contribution in [1.29, 1.82) is 0 Å². The predicted octanol–water partition coefficient (Wildman–Crippen LogP) is 4.11. The number of aromatic hydroxyl groups is 1. The number of nitrogens with one attached hydrogen (secondary N) is 1. The highest BCUT2D eigenvalue weighted by atomic mass is 16.5. The third-order valence-corrected chi connectivity index (χ3v) is 5.72. The zero-order chi connectivity index (χ0) is 22.4. The van der Waals surface area contributed by atoms with E-state index in [-0.39, 0.29) is 17.8 Å². The van der Waals surface area contributed by atoms with Gasteiger partial charge in [0.2, 0.25) is 0 Å². The minimum Gasteiger partial charge on any atom is -0.507 e. The number of anilines is 1. The molecule has 3 rings (SSSR count). The molecule has 1 aromatic carbocycles. The highest BCUT2D eigenvalue weighted by molar-refractivity contribution is 5.70. The van der Waals surface area contributed by atoms with Gasteiger partial charge in [-0.3, -0.25) is 4.79 Å². The Balaban J connectivity index is 1.63. The van der Waals surface area contributed by atoms with E-state index in [1.165, 1.54) is 0 Å². The van der Waals surface area contributed by atoms with E-state index in [1.807, 2.05) is 32.0 Å². The van der Waals surface area contributed by atoms with Gasteiger partial charge in [0.1, 0.15) is 11.6 Å². The summed E-state index contributed by atoms with van der Waals surface area (Å²) in [4.78, 5) is 13.9. The van der Waals surface area contributed by atoms with Crippen LogP contribution in [-0.4, -0.2) is 58.5 Å². The van der Waals surface area contributed by atoms with Gasteiger partial charge >= 0.3 is 5.97 Å². The fraction of sp³-hybridized carbons (Fsp3) is 0.542. The molecule has 2 aromatic rings. The van der Waals surface area contributed by atoms with Crippen LogP contribution in [-0.2, 0) is 9.53 Å². The van der Waals surface area contributed by atoms with E-state index in [0.29, 0.717) is 36.7 Å². The van der Waals surface area contributed by atoms with E-state index in [9.17, 15) is 9.90 Å². The fourth-order valence-corrected chi connectivity index (χ4v) is 4.00.